The summed E-state index contributed by atoms with van der Waals surface area (Å²) in [5.41, 5.74) is 0.899. The predicted octanol–water partition coefficient (Wildman–Crippen LogP) is 2.12. The first kappa shape index (κ1) is 26.8. The molecule has 3 aliphatic rings. The van der Waals surface area contributed by atoms with Gasteiger partial charge in [-0.2, -0.15) is 18.3 Å². The third-order valence-corrected chi connectivity index (χ3v) is 6.47. The molecule has 2 saturated heterocycles. The number of alkyl halides is 5. The lowest BCUT2D eigenvalue weighted by atomic mass is 10.0. The number of hydrazone groups is 1. The highest BCUT2D eigenvalue weighted by Gasteiger charge is 2.49. The van der Waals surface area contributed by atoms with Crippen LogP contribution in [0.4, 0.5) is 27.8 Å². The standard InChI is InChI=1S/C22H26F5N7O3/c1-12(31-14-9-30-32-20(35)18(14)22(25,26)27)11-37-16-4-7-34(21(16)36)13-2-5-33(6-3-13)17-10-28-15(8-29-17)19(23)24/h8-10,12-13,16,18-19H,2-7,11H2,1H3,(H,32,35)/t12-,16-,18?/m0/s1. The van der Waals surface area contributed by atoms with Crippen LogP contribution in [-0.4, -0.2) is 89.2 Å². The second kappa shape index (κ2) is 11.0. The molecule has 0 spiro atoms. The Bertz CT molecular complexity index is 1040. The first-order valence-corrected chi connectivity index (χ1v) is 11.8. The van der Waals surface area contributed by atoms with Crippen molar-refractivity contribution >= 4 is 29.6 Å². The number of anilines is 1. The van der Waals surface area contributed by atoms with Crippen LogP contribution in [0.3, 0.4) is 0 Å². The maximum atomic E-state index is 13.2. The quantitative estimate of drug-likeness (QED) is 0.540. The summed E-state index contributed by atoms with van der Waals surface area (Å²) >= 11 is 0. The van der Waals surface area contributed by atoms with Gasteiger partial charge in [-0.15, -0.1) is 0 Å². The number of amides is 2. The molecule has 2 amide bonds. The molecule has 0 saturated carbocycles. The highest BCUT2D eigenvalue weighted by molar-refractivity contribution is 6.37. The Kier molecular flexibility index (Phi) is 7.99. The maximum absolute atomic E-state index is 13.2. The van der Waals surface area contributed by atoms with Gasteiger partial charge in [-0.25, -0.2) is 24.2 Å². The first-order valence-electron chi connectivity index (χ1n) is 11.8. The third kappa shape index (κ3) is 6.19. The number of aromatic nitrogens is 2. The Morgan fingerprint density at radius 3 is 2.49 bits per heavy atom. The van der Waals surface area contributed by atoms with Crippen LogP contribution < -0.4 is 10.3 Å². The summed E-state index contributed by atoms with van der Waals surface area (Å²) < 4.78 is 70.8. The number of rotatable bonds is 7. The maximum Gasteiger partial charge on any atom is 0.406 e. The number of nitrogens with zero attached hydrogens (tertiary/aromatic N) is 6. The number of ether oxygens (including phenoxy) is 1. The van der Waals surface area contributed by atoms with Gasteiger partial charge in [-0.1, -0.05) is 0 Å². The Labute approximate surface area is 209 Å². The molecule has 202 valence electrons. The molecule has 0 radical (unpaired) electrons. The summed E-state index contributed by atoms with van der Waals surface area (Å²) in [6.07, 6.45) is -3.23. The van der Waals surface area contributed by atoms with E-state index in [1.54, 1.807) is 10.3 Å². The fourth-order valence-electron chi connectivity index (χ4n) is 4.61. The van der Waals surface area contributed by atoms with E-state index in [1.165, 1.54) is 13.1 Å². The summed E-state index contributed by atoms with van der Waals surface area (Å²) in [7, 11) is 0. The topological polar surface area (TPSA) is 112 Å². The van der Waals surface area contributed by atoms with E-state index in [4.69, 9.17) is 4.74 Å². The van der Waals surface area contributed by atoms with Crippen molar-refractivity contribution in [2.75, 3.05) is 31.1 Å². The largest absolute Gasteiger partial charge is 0.406 e. The van der Waals surface area contributed by atoms with E-state index < -0.39 is 42.3 Å². The zero-order valence-corrected chi connectivity index (χ0v) is 19.9. The van der Waals surface area contributed by atoms with E-state index in [-0.39, 0.29) is 24.2 Å². The van der Waals surface area contributed by atoms with E-state index in [9.17, 15) is 31.5 Å². The van der Waals surface area contributed by atoms with Gasteiger partial charge in [0.1, 0.15) is 17.6 Å². The van der Waals surface area contributed by atoms with E-state index in [1.807, 2.05) is 4.90 Å². The Hall–Kier alpha value is -3.23. The SMILES string of the molecule is C[C@@H](CO[C@H]1CCN(C2CCN(c3cnc(C(F)F)cn3)CC2)C1=O)N=C1C=NNC(=O)C1C(F)(F)F. The summed E-state index contributed by atoms with van der Waals surface area (Å²) in [4.78, 5) is 40.0. The fourth-order valence-corrected chi connectivity index (χ4v) is 4.61. The predicted molar refractivity (Wildman–Crippen MR) is 121 cm³/mol. The Morgan fingerprint density at radius 1 is 1.14 bits per heavy atom. The minimum atomic E-state index is -4.81. The molecule has 3 aliphatic heterocycles. The second-order valence-corrected chi connectivity index (χ2v) is 9.07. The van der Waals surface area contributed by atoms with Gasteiger partial charge in [0.15, 0.2) is 5.92 Å². The van der Waals surface area contributed by atoms with Crippen LogP contribution in [0.1, 0.15) is 38.3 Å². The highest BCUT2D eigenvalue weighted by atomic mass is 19.4. The van der Waals surface area contributed by atoms with E-state index in [0.29, 0.717) is 44.7 Å². The number of aliphatic imine (C=N–C) groups is 1. The van der Waals surface area contributed by atoms with Crippen molar-refractivity contribution in [3.05, 3.63) is 18.1 Å². The number of piperidine rings is 1. The molecule has 1 aromatic heterocycles. The lowest BCUT2D eigenvalue weighted by Gasteiger charge is -2.37. The van der Waals surface area contributed by atoms with Crippen molar-refractivity contribution in [2.45, 2.75) is 57.0 Å². The monoisotopic (exact) mass is 531 g/mol. The van der Waals surface area contributed by atoms with Gasteiger partial charge in [0.2, 0.25) is 0 Å². The third-order valence-electron chi connectivity index (χ3n) is 6.47. The van der Waals surface area contributed by atoms with Gasteiger partial charge in [-0.3, -0.25) is 14.6 Å². The molecule has 2 fully saturated rings. The molecule has 0 aliphatic carbocycles. The number of carbonyl (C=O) groups excluding carboxylic acids is 2. The number of hydrogen-bond acceptors (Lipinski definition) is 8. The van der Waals surface area contributed by atoms with Gasteiger partial charge >= 0.3 is 6.18 Å². The smallest absolute Gasteiger partial charge is 0.366 e. The van der Waals surface area contributed by atoms with Crippen LogP contribution in [0.15, 0.2) is 22.5 Å². The normalized spacial score (nSPS) is 25.3. The molecule has 1 aromatic rings. The van der Waals surface area contributed by atoms with Gasteiger partial charge in [-0.05, 0) is 19.8 Å². The molecule has 0 bridgehead atoms. The number of halogens is 5. The first-order chi connectivity index (χ1) is 17.5. The summed E-state index contributed by atoms with van der Waals surface area (Å²) in [5.74, 6) is -3.39. The van der Waals surface area contributed by atoms with Crippen LogP contribution >= 0.6 is 0 Å². The number of carbonyl (C=O) groups is 2. The highest BCUT2D eigenvalue weighted by Crippen LogP contribution is 2.29. The molecule has 1 unspecified atom stereocenters. The number of likely N-dealkylation sites (tertiary alicyclic amines) is 1. The van der Waals surface area contributed by atoms with E-state index in [2.05, 4.69) is 20.1 Å². The lowest BCUT2D eigenvalue weighted by Crippen LogP contribution is -2.47. The average molecular weight is 531 g/mol. The van der Waals surface area contributed by atoms with Crippen molar-refractivity contribution in [1.29, 1.82) is 0 Å². The van der Waals surface area contributed by atoms with Crippen LogP contribution in [0.25, 0.3) is 0 Å². The zero-order valence-electron chi connectivity index (χ0n) is 19.9. The van der Waals surface area contributed by atoms with Gasteiger partial charge in [0.25, 0.3) is 18.2 Å². The molecule has 10 nitrogen and oxygen atoms in total. The summed E-state index contributed by atoms with van der Waals surface area (Å²) in [6.45, 7) is 3.08. The lowest BCUT2D eigenvalue weighted by molar-refractivity contribution is -0.168. The van der Waals surface area contributed by atoms with Crippen molar-refractivity contribution in [1.82, 2.24) is 20.3 Å². The molecular weight excluding hydrogens is 505 g/mol. The van der Waals surface area contributed by atoms with Gasteiger partial charge in [0, 0.05) is 32.1 Å². The fraction of sp³-hybridized carbons (Fsp3) is 0.636. The van der Waals surface area contributed by atoms with E-state index >= 15 is 0 Å². The van der Waals surface area contributed by atoms with E-state index in [0.717, 1.165) is 12.4 Å². The molecule has 37 heavy (non-hydrogen) atoms. The van der Waals surface area contributed by atoms with Crippen molar-refractivity contribution in [3.8, 4) is 0 Å². The molecule has 4 heterocycles. The van der Waals surface area contributed by atoms with Crippen molar-refractivity contribution < 1.29 is 36.3 Å². The van der Waals surface area contributed by atoms with Crippen LogP contribution in [-0.2, 0) is 14.3 Å². The summed E-state index contributed by atoms with van der Waals surface area (Å²) in [6, 6.07) is -0.757. The molecule has 15 heteroatoms. The number of hydrogen-bond donors (Lipinski definition) is 1. The number of nitrogens with one attached hydrogen (secondary N) is 1. The zero-order chi connectivity index (χ0) is 26.7. The molecule has 0 aromatic carbocycles. The molecular formula is C22H26F5N7O3. The van der Waals surface area contributed by atoms with Crippen molar-refractivity contribution in [2.24, 2.45) is 16.0 Å². The van der Waals surface area contributed by atoms with Gasteiger partial charge in [0.05, 0.1) is 37.0 Å². The Balaban J connectivity index is 1.27. The second-order valence-electron chi connectivity index (χ2n) is 9.07. The van der Waals surface area contributed by atoms with Crippen LogP contribution in [0, 0.1) is 5.92 Å². The summed E-state index contributed by atoms with van der Waals surface area (Å²) in [5, 5.41) is 3.41. The van der Waals surface area contributed by atoms with Crippen LogP contribution in [0.5, 0.6) is 0 Å². The van der Waals surface area contributed by atoms with Gasteiger partial charge < -0.3 is 14.5 Å². The average Bonchev–Trinajstić information content (AvgIpc) is 3.22. The minimum Gasteiger partial charge on any atom is -0.366 e. The molecule has 3 atom stereocenters. The Morgan fingerprint density at radius 2 is 1.86 bits per heavy atom. The van der Waals surface area contributed by atoms with Crippen LogP contribution in [0.2, 0.25) is 0 Å². The molecule has 1 N–H and O–H groups in total. The van der Waals surface area contributed by atoms with Crippen molar-refractivity contribution in [3.63, 3.8) is 0 Å². The molecule has 4 rings (SSSR count). The minimum absolute atomic E-state index is 0.0205.